The van der Waals surface area contributed by atoms with Crippen LogP contribution in [-0.2, 0) is 4.79 Å². The van der Waals surface area contributed by atoms with Gasteiger partial charge in [-0.3, -0.25) is 9.69 Å². The van der Waals surface area contributed by atoms with Crippen LogP contribution in [0, 0.1) is 5.92 Å². The number of amides is 1. The first-order chi connectivity index (χ1) is 9.47. The molecule has 0 aromatic heterocycles. The molecule has 0 aliphatic carbocycles. The molecule has 20 heavy (non-hydrogen) atoms. The average Bonchev–Trinajstić information content (AvgIpc) is 2.83. The monoisotopic (exact) mass is 285 g/mol. The minimum absolute atomic E-state index is 0.0162. The molecule has 3 unspecified atom stereocenters. The van der Waals surface area contributed by atoms with E-state index in [1.807, 2.05) is 0 Å². The number of likely N-dealkylation sites (N-methyl/N-ethyl adjacent to an activating group) is 1. The van der Waals surface area contributed by atoms with Gasteiger partial charge in [0.25, 0.3) is 0 Å². The highest BCUT2D eigenvalue weighted by atomic mass is 16.3. The summed E-state index contributed by atoms with van der Waals surface area (Å²) in [5.41, 5.74) is 0. The number of aliphatic hydroxyl groups is 1. The van der Waals surface area contributed by atoms with E-state index in [2.05, 4.69) is 43.2 Å². The summed E-state index contributed by atoms with van der Waals surface area (Å²) in [6.45, 7) is 12.0. The molecule has 5 nitrogen and oxygen atoms in total. The fourth-order valence-electron chi connectivity index (χ4n) is 2.90. The maximum absolute atomic E-state index is 12.1. The van der Waals surface area contributed by atoms with Gasteiger partial charge >= 0.3 is 0 Å². The number of nitrogens with one attached hydrogen (secondary N) is 2. The first kappa shape index (κ1) is 17.4. The summed E-state index contributed by atoms with van der Waals surface area (Å²) >= 11 is 0. The highest BCUT2D eigenvalue weighted by Crippen LogP contribution is 2.11. The molecule has 1 aliphatic rings. The lowest BCUT2D eigenvalue weighted by Gasteiger charge is -2.31. The first-order valence-corrected chi connectivity index (χ1v) is 7.91. The lowest BCUT2D eigenvalue weighted by molar-refractivity contribution is -0.123. The van der Waals surface area contributed by atoms with E-state index in [9.17, 15) is 9.90 Å². The third kappa shape index (κ3) is 5.38. The highest BCUT2D eigenvalue weighted by Gasteiger charge is 2.28. The molecule has 1 rings (SSSR count). The van der Waals surface area contributed by atoms with Gasteiger partial charge in [0.05, 0.1) is 12.1 Å². The Kier molecular flexibility index (Phi) is 7.48. The molecule has 1 amide bonds. The van der Waals surface area contributed by atoms with Gasteiger partial charge in [-0.25, -0.2) is 0 Å². The van der Waals surface area contributed by atoms with Crippen LogP contribution in [0.3, 0.4) is 0 Å². The molecule has 1 heterocycles. The zero-order valence-electron chi connectivity index (χ0n) is 13.4. The second kappa shape index (κ2) is 8.60. The van der Waals surface area contributed by atoms with Gasteiger partial charge in [0, 0.05) is 19.1 Å². The Morgan fingerprint density at radius 1 is 1.40 bits per heavy atom. The van der Waals surface area contributed by atoms with Crippen LogP contribution < -0.4 is 10.6 Å². The van der Waals surface area contributed by atoms with Crippen molar-refractivity contribution in [1.82, 2.24) is 15.5 Å². The van der Waals surface area contributed by atoms with Gasteiger partial charge < -0.3 is 15.7 Å². The van der Waals surface area contributed by atoms with Gasteiger partial charge in [-0.1, -0.05) is 27.7 Å². The van der Waals surface area contributed by atoms with Gasteiger partial charge in [-0.15, -0.1) is 0 Å². The maximum Gasteiger partial charge on any atom is 0.237 e. The van der Waals surface area contributed by atoms with Crippen LogP contribution in [0.4, 0.5) is 0 Å². The highest BCUT2D eigenvalue weighted by molar-refractivity contribution is 5.82. The Hall–Kier alpha value is -0.650. The van der Waals surface area contributed by atoms with Crippen LogP contribution in [0.5, 0.6) is 0 Å². The number of rotatable bonds is 8. The van der Waals surface area contributed by atoms with Crippen molar-refractivity contribution < 1.29 is 9.90 Å². The minimum atomic E-state index is -0.389. The van der Waals surface area contributed by atoms with E-state index in [4.69, 9.17) is 0 Å². The fraction of sp³-hybridized carbons (Fsp3) is 0.933. The fourth-order valence-corrected chi connectivity index (χ4v) is 2.90. The van der Waals surface area contributed by atoms with Gasteiger partial charge in [-0.05, 0) is 31.8 Å². The largest absolute Gasteiger partial charge is 0.392 e. The molecule has 1 saturated heterocycles. The molecule has 0 bridgehead atoms. The number of carbonyl (C=O) groups is 1. The quantitative estimate of drug-likeness (QED) is 0.610. The second-order valence-electron chi connectivity index (χ2n) is 6.10. The van der Waals surface area contributed by atoms with Crippen molar-refractivity contribution in [1.29, 1.82) is 0 Å². The van der Waals surface area contributed by atoms with Crippen molar-refractivity contribution in [3.63, 3.8) is 0 Å². The molecule has 0 aromatic carbocycles. The van der Waals surface area contributed by atoms with Crippen molar-refractivity contribution in [2.45, 2.75) is 58.7 Å². The molecule has 1 fully saturated rings. The molecule has 0 aromatic rings. The molecule has 3 atom stereocenters. The van der Waals surface area contributed by atoms with E-state index in [1.54, 1.807) is 0 Å². The third-order valence-corrected chi connectivity index (χ3v) is 4.01. The lowest BCUT2D eigenvalue weighted by Crippen LogP contribution is -2.48. The van der Waals surface area contributed by atoms with Crippen molar-refractivity contribution in [3.8, 4) is 0 Å². The summed E-state index contributed by atoms with van der Waals surface area (Å²) in [6, 6.07) is 0.154. The summed E-state index contributed by atoms with van der Waals surface area (Å²) in [6.07, 6.45) is 1.22. The van der Waals surface area contributed by atoms with Crippen molar-refractivity contribution in [3.05, 3.63) is 0 Å². The van der Waals surface area contributed by atoms with Gasteiger partial charge in [-0.2, -0.15) is 0 Å². The predicted molar refractivity (Wildman–Crippen MR) is 81.6 cm³/mol. The van der Waals surface area contributed by atoms with Crippen LogP contribution in [0.25, 0.3) is 0 Å². The Labute approximate surface area is 123 Å². The molecule has 3 N–H and O–H groups in total. The van der Waals surface area contributed by atoms with Gasteiger partial charge in [0.15, 0.2) is 0 Å². The normalized spacial score (nSPS) is 24.4. The standard InChI is InChI=1S/C15H31N3O2/c1-5-18(6-2)12(7-11(3)4)9-17-15(20)14-8-13(19)10-16-14/h11-14,16,19H,5-10H2,1-4H3,(H,17,20). The van der Waals surface area contributed by atoms with Crippen LogP contribution in [-0.4, -0.2) is 60.3 Å². The smallest absolute Gasteiger partial charge is 0.237 e. The molecule has 0 spiro atoms. The van der Waals surface area contributed by atoms with Crippen LogP contribution in [0.2, 0.25) is 0 Å². The number of carbonyl (C=O) groups excluding carboxylic acids is 1. The average molecular weight is 285 g/mol. The Bertz CT molecular complexity index is 293. The topological polar surface area (TPSA) is 64.6 Å². The van der Waals surface area contributed by atoms with Crippen LogP contribution >= 0.6 is 0 Å². The Balaban J connectivity index is 2.46. The summed E-state index contributed by atoms with van der Waals surface area (Å²) in [5.74, 6) is 0.631. The third-order valence-electron chi connectivity index (χ3n) is 4.01. The van der Waals surface area contributed by atoms with E-state index in [0.717, 1.165) is 19.5 Å². The Morgan fingerprint density at radius 3 is 2.50 bits per heavy atom. The van der Waals surface area contributed by atoms with E-state index in [-0.39, 0.29) is 18.1 Å². The number of nitrogens with zero attached hydrogens (tertiary/aromatic N) is 1. The van der Waals surface area contributed by atoms with Crippen molar-refractivity contribution in [2.75, 3.05) is 26.2 Å². The van der Waals surface area contributed by atoms with E-state index < -0.39 is 0 Å². The first-order valence-electron chi connectivity index (χ1n) is 7.91. The van der Waals surface area contributed by atoms with Crippen molar-refractivity contribution in [2.24, 2.45) is 5.92 Å². The van der Waals surface area contributed by atoms with E-state index >= 15 is 0 Å². The number of hydrogen-bond acceptors (Lipinski definition) is 4. The zero-order chi connectivity index (χ0) is 15.1. The number of β-amino-alcohol motifs (C(OH)–C–C–N with tert-alkyl or cyclic N) is 1. The SMILES string of the molecule is CCN(CC)C(CNC(=O)C1CC(O)CN1)CC(C)C. The van der Waals surface area contributed by atoms with Gasteiger partial charge in [0.2, 0.25) is 5.91 Å². The predicted octanol–water partition coefficient (Wildman–Crippen LogP) is 0.582. The lowest BCUT2D eigenvalue weighted by atomic mass is 10.0. The van der Waals surface area contributed by atoms with Crippen LogP contribution in [0.1, 0.15) is 40.5 Å². The van der Waals surface area contributed by atoms with E-state index in [1.165, 1.54) is 0 Å². The van der Waals surface area contributed by atoms with Crippen LogP contribution in [0.15, 0.2) is 0 Å². The molecular formula is C15H31N3O2. The summed E-state index contributed by atoms with van der Waals surface area (Å²) in [4.78, 5) is 14.5. The summed E-state index contributed by atoms with van der Waals surface area (Å²) in [5, 5.41) is 15.6. The molecule has 0 saturated carbocycles. The minimum Gasteiger partial charge on any atom is -0.392 e. The molecule has 0 radical (unpaired) electrons. The Morgan fingerprint density at radius 2 is 2.05 bits per heavy atom. The molecule has 5 heteroatoms. The van der Waals surface area contributed by atoms with E-state index in [0.29, 0.717) is 31.5 Å². The summed E-state index contributed by atoms with van der Waals surface area (Å²) in [7, 11) is 0. The summed E-state index contributed by atoms with van der Waals surface area (Å²) < 4.78 is 0. The van der Waals surface area contributed by atoms with Gasteiger partial charge in [0.1, 0.15) is 0 Å². The maximum atomic E-state index is 12.1. The zero-order valence-corrected chi connectivity index (χ0v) is 13.4. The molecule has 118 valence electrons. The number of aliphatic hydroxyl groups excluding tert-OH is 1. The van der Waals surface area contributed by atoms with Crippen molar-refractivity contribution >= 4 is 5.91 Å². The second-order valence-corrected chi connectivity index (χ2v) is 6.10. The number of hydrogen-bond donors (Lipinski definition) is 3. The molecule has 1 aliphatic heterocycles. The molecular weight excluding hydrogens is 254 g/mol.